The average molecular weight is 353 g/mol. The number of carbonyl (C=O) groups excluding carboxylic acids is 1. The highest BCUT2D eigenvalue weighted by Gasteiger charge is 2.18. The van der Waals surface area contributed by atoms with Crippen LogP contribution in [0.2, 0.25) is 0 Å². The van der Waals surface area contributed by atoms with Crippen molar-refractivity contribution < 1.29 is 14.7 Å². The van der Waals surface area contributed by atoms with Crippen molar-refractivity contribution in [2.45, 2.75) is 51.5 Å². The van der Waals surface area contributed by atoms with E-state index in [9.17, 15) is 9.59 Å². The summed E-state index contributed by atoms with van der Waals surface area (Å²) < 4.78 is 0. The van der Waals surface area contributed by atoms with E-state index in [1.807, 2.05) is 42.5 Å². The Morgan fingerprint density at radius 1 is 1.00 bits per heavy atom. The van der Waals surface area contributed by atoms with Gasteiger partial charge < -0.3 is 10.4 Å². The van der Waals surface area contributed by atoms with Crippen LogP contribution in [-0.2, 0) is 16.6 Å². The molecule has 2 aromatic rings. The van der Waals surface area contributed by atoms with Gasteiger partial charge in [0.05, 0.1) is 6.42 Å². The number of aliphatic carboxylic acids is 1. The first-order valence-electron chi connectivity index (χ1n) is 8.93. The van der Waals surface area contributed by atoms with Gasteiger partial charge in [-0.2, -0.15) is 0 Å². The van der Waals surface area contributed by atoms with E-state index in [0.29, 0.717) is 12.0 Å². The fraction of sp³-hybridized carbons (Fsp3) is 0.364. The Morgan fingerprint density at radius 3 is 2.15 bits per heavy atom. The van der Waals surface area contributed by atoms with Crippen molar-refractivity contribution in [2.24, 2.45) is 0 Å². The maximum atomic E-state index is 12.5. The molecular formula is C22H27NO3. The molecule has 4 nitrogen and oxygen atoms in total. The lowest BCUT2D eigenvalue weighted by molar-refractivity contribution is -0.137. The van der Waals surface area contributed by atoms with Crippen LogP contribution in [0.1, 0.15) is 55.1 Å². The maximum Gasteiger partial charge on any atom is 0.305 e. The molecule has 0 saturated carbocycles. The largest absolute Gasteiger partial charge is 0.481 e. The van der Waals surface area contributed by atoms with E-state index in [1.54, 1.807) is 12.1 Å². The normalized spacial score (nSPS) is 12.4. The van der Waals surface area contributed by atoms with Crippen molar-refractivity contribution in [1.82, 2.24) is 5.32 Å². The summed E-state index contributed by atoms with van der Waals surface area (Å²) in [6.45, 7) is 6.36. The lowest BCUT2D eigenvalue weighted by Crippen LogP contribution is -2.37. The van der Waals surface area contributed by atoms with E-state index in [2.05, 4.69) is 26.1 Å². The molecular weight excluding hydrogens is 326 g/mol. The molecule has 0 bridgehead atoms. The molecule has 0 aliphatic heterocycles. The van der Waals surface area contributed by atoms with Crippen LogP contribution in [0.3, 0.4) is 0 Å². The van der Waals surface area contributed by atoms with E-state index >= 15 is 0 Å². The summed E-state index contributed by atoms with van der Waals surface area (Å²) in [5.74, 6) is -1.14. The number of carboxylic acids is 1. The molecule has 2 aromatic carbocycles. The number of rotatable bonds is 7. The first-order chi connectivity index (χ1) is 12.3. The second kappa shape index (κ2) is 8.65. The van der Waals surface area contributed by atoms with Crippen LogP contribution in [0, 0.1) is 0 Å². The molecule has 1 atom stereocenters. The number of hydrogen-bond acceptors (Lipinski definition) is 2. The standard InChI is InChI=1S/C22H27NO3/c1-22(2,3)18-12-10-17(11-13-18)21(26)23-19(15-20(24)25)14-9-16-7-5-4-6-8-16/h4-8,10-13,19H,9,14-15H2,1-3H3,(H,23,26)(H,24,25). The highest BCUT2D eigenvalue weighted by atomic mass is 16.4. The molecule has 0 spiro atoms. The zero-order valence-corrected chi connectivity index (χ0v) is 15.7. The Morgan fingerprint density at radius 2 is 1.62 bits per heavy atom. The van der Waals surface area contributed by atoms with Gasteiger partial charge in [-0.05, 0) is 41.5 Å². The molecule has 1 amide bonds. The monoisotopic (exact) mass is 353 g/mol. The van der Waals surface area contributed by atoms with E-state index in [4.69, 9.17) is 5.11 Å². The fourth-order valence-electron chi connectivity index (χ4n) is 2.81. The topological polar surface area (TPSA) is 66.4 Å². The number of nitrogens with one attached hydrogen (secondary N) is 1. The third-order valence-corrected chi connectivity index (χ3v) is 4.39. The summed E-state index contributed by atoms with van der Waals surface area (Å²) in [6.07, 6.45) is 1.23. The van der Waals surface area contributed by atoms with E-state index < -0.39 is 12.0 Å². The Kier molecular flexibility index (Phi) is 6.56. The van der Waals surface area contributed by atoms with Gasteiger partial charge in [0, 0.05) is 11.6 Å². The van der Waals surface area contributed by atoms with Gasteiger partial charge in [-0.1, -0.05) is 63.2 Å². The summed E-state index contributed by atoms with van der Waals surface area (Å²) in [7, 11) is 0. The van der Waals surface area contributed by atoms with Gasteiger partial charge >= 0.3 is 5.97 Å². The summed E-state index contributed by atoms with van der Waals surface area (Å²) in [5, 5.41) is 12.0. The van der Waals surface area contributed by atoms with Crippen LogP contribution < -0.4 is 5.32 Å². The minimum absolute atomic E-state index is 0.0243. The zero-order chi connectivity index (χ0) is 19.2. The number of aryl methyl sites for hydroxylation is 1. The molecule has 0 radical (unpaired) electrons. The van der Waals surface area contributed by atoms with Crippen LogP contribution in [0.5, 0.6) is 0 Å². The summed E-state index contributed by atoms with van der Waals surface area (Å²) in [5.41, 5.74) is 2.86. The van der Waals surface area contributed by atoms with Crippen LogP contribution >= 0.6 is 0 Å². The smallest absolute Gasteiger partial charge is 0.305 e. The predicted octanol–water partition coefficient (Wildman–Crippen LogP) is 4.19. The highest BCUT2D eigenvalue weighted by Crippen LogP contribution is 2.22. The van der Waals surface area contributed by atoms with E-state index in [-0.39, 0.29) is 17.7 Å². The van der Waals surface area contributed by atoms with Gasteiger partial charge in [-0.25, -0.2) is 0 Å². The third kappa shape index (κ3) is 6.03. The van der Waals surface area contributed by atoms with Gasteiger partial charge in [-0.15, -0.1) is 0 Å². The summed E-state index contributed by atoms with van der Waals surface area (Å²) in [4.78, 5) is 23.6. The molecule has 0 fully saturated rings. The Labute approximate surface area is 155 Å². The summed E-state index contributed by atoms with van der Waals surface area (Å²) >= 11 is 0. The van der Waals surface area contributed by atoms with Crippen LogP contribution in [0.25, 0.3) is 0 Å². The molecule has 4 heteroatoms. The van der Waals surface area contributed by atoms with Crippen LogP contribution in [0.4, 0.5) is 0 Å². The molecule has 0 aliphatic rings. The van der Waals surface area contributed by atoms with Crippen molar-refractivity contribution in [1.29, 1.82) is 0 Å². The molecule has 2 rings (SSSR count). The zero-order valence-electron chi connectivity index (χ0n) is 15.7. The third-order valence-electron chi connectivity index (χ3n) is 4.39. The molecule has 0 saturated heterocycles. The van der Waals surface area contributed by atoms with Crippen molar-refractivity contribution in [3.05, 3.63) is 71.3 Å². The molecule has 0 heterocycles. The first kappa shape index (κ1) is 19.7. The van der Waals surface area contributed by atoms with Gasteiger partial charge in [-0.3, -0.25) is 9.59 Å². The fourth-order valence-corrected chi connectivity index (χ4v) is 2.81. The van der Waals surface area contributed by atoms with Gasteiger partial charge in [0.1, 0.15) is 0 Å². The van der Waals surface area contributed by atoms with Crippen LogP contribution in [-0.4, -0.2) is 23.0 Å². The van der Waals surface area contributed by atoms with Crippen LogP contribution in [0.15, 0.2) is 54.6 Å². The summed E-state index contributed by atoms with van der Waals surface area (Å²) in [6, 6.07) is 17.0. The van der Waals surface area contributed by atoms with Crippen molar-refractivity contribution >= 4 is 11.9 Å². The second-order valence-electron chi connectivity index (χ2n) is 7.62. The molecule has 2 N–H and O–H groups in total. The molecule has 1 unspecified atom stereocenters. The van der Waals surface area contributed by atoms with Crippen molar-refractivity contribution in [3.63, 3.8) is 0 Å². The number of benzene rings is 2. The molecule has 0 aromatic heterocycles. The van der Waals surface area contributed by atoms with Gasteiger partial charge in [0.2, 0.25) is 0 Å². The van der Waals surface area contributed by atoms with E-state index in [1.165, 1.54) is 0 Å². The maximum absolute atomic E-state index is 12.5. The molecule has 26 heavy (non-hydrogen) atoms. The lowest BCUT2D eigenvalue weighted by atomic mass is 9.86. The Hall–Kier alpha value is -2.62. The first-order valence-corrected chi connectivity index (χ1v) is 8.93. The van der Waals surface area contributed by atoms with Gasteiger partial charge in [0.25, 0.3) is 5.91 Å². The predicted molar refractivity (Wildman–Crippen MR) is 103 cm³/mol. The number of carbonyl (C=O) groups is 2. The SMILES string of the molecule is CC(C)(C)c1ccc(C(=O)NC(CCc2ccccc2)CC(=O)O)cc1. The second-order valence-corrected chi connectivity index (χ2v) is 7.62. The molecule has 0 aliphatic carbocycles. The Balaban J connectivity index is 2.02. The van der Waals surface area contributed by atoms with Gasteiger partial charge in [0.15, 0.2) is 0 Å². The number of amides is 1. The number of hydrogen-bond donors (Lipinski definition) is 2. The van der Waals surface area contributed by atoms with Crippen molar-refractivity contribution in [2.75, 3.05) is 0 Å². The van der Waals surface area contributed by atoms with Crippen molar-refractivity contribution in [3.8, 4) is 0 Å². The average Bonchev–Trinajstić information content (AvgIpc) is 2.59. The lowest BCUT2D eigenvalue weighted by Gasteiger charge is -2.20. The minimum Gasteiger partial charge on any atom is -0.481 e. The minimum atomic E-state index is -0.911. The highest BCUT2D eigenvalue weighted by molar-refractivity contribution is 5.94. The Bertz CT molecular complexity index is 730. The quantitative estimate of drug-likeness (QED) is 0.784. The number of carboxylic acid groups (broad SMARTS) is 1. The molecule has 138 valence electrons. The van der Waals surface area contributed by atoms with E-state index in [0.717, 1.165) is 17.5 Å².